The van der Waals surface area contributed by atoms with Gasteiger partial charge in [0.25, 0.3) is 0 Å². The Labute approximate surface area is 169 Å². The van der Waals surface area contributed by atoms with Gasteiger partial charge in [-0.05, 0) is 55.2 Å². The first kappa shape index (κ1) is 21.1. The topological polar surface area (TPSA) is 58.6 Å². The van der Waals surface area contributed by atoms with Gasteiger partial charge in [-0.25, -0.2) is 0 Å². The van der Waals surface area contributed by atoms with E-state index in [1.165, 1.54) is 12.5 Å². The number of carbonyl (C=O) groups is 1. The molecule has 0 saturated heterocycles. The molecule has 0 amide bonds. The first-order valence-corrected chi connectivity index (χ1v) is 10.6. The molecule has 0 unspecified atom stereocenters. The fourth-order valence-electron chi connectivity index (χ4n) is 5.19. The molecule has 0 radical (unpaired) electrons. The third-order valence-electron chi connectivity index (χ3n) is 6.96. The molecule has 1 aromatic carbocycles. The highest BCUT2D eigenvalue weighted by Gasteiger charge is 2.52. The summed E-state index contributed by atoms with van der Waals surface area (Å²) in [7, 11) is 0. The lowest BCUT2D eigenvalue weighted by Crippen LogP contribution is -2.56. The summed E-state index contributed by atoms with van der Waals surface area (Å²) in [5.74, 6) is 0.940. The van der Waals surface area contributed by atoms with Gasteiger partial charge in [0.15, 0.2) is 0 Å². The Kier molecular flexibility index (Phi) is 6.61. The summed E-state index contributed by atoms with van der Waals surface area (Å²) in [5.41, 5.74) is 1.57. The second-order valence-electron chi connectivity index (χ2n) is 8.97. The molecular formula is C24H35NO3. The van der Waals surface area contributed by atoms with Crippen LogP contribution in [0.15, 0.2) is 42.0 Å². The molecular weight excluding hydrogens is 350 g/mol. The van der Waals surface area contributed by atoms with Gasteiger partial charge in [0.2, 0.25) is 0 Å². The number of fused-ring (bicyclic) bond motifs is 1. The van der Waals surface area contributed by atoms with Crippen molar-refractivity contribution >= 4 is 5.97 Å². The summed E-state index contributed by atoms with van der Waals surface area (Å²) in [6.45, 7) is 9.70. The van der Waals surface area contributed by atoms with Crippen LogP contribution in [-0.2, 0) is 16.1 Å². The zero-order chi connectivity index (χ0) is 20.3. The van der Waals surface area contributed by atoms with Gasteiger partial charge in [0.1, 0.15) is 6.10 Å². The van der Waals surface area contributed by atoms with E-state index in [2.05, 4.69) is 49.5 Å². The second kappa shape index (κ2) is 8.79. The highest BCUT2D eigenvalue weighted by atomic mass is 16.5. The highest BCUT2D eigenvalue weighted by Crippen LogP contribution is 2.51. The Balaban J connectivity index is 1.69. The lowest BCUT2D eigenvalue weighted by Gasteiger charge is -2.53. The van der Waals surface area contributed by atoms with Gasteiger partial charge in [0.05, 0.1) is 5.60 Å². The van der Waals surface area contributed by atoms with Gasteiger partial charge >= 0.3 is 5.97 Å². The van der Waals surface area contributed by atoms with Crippen molar-refractivity contribution in [1.82, 2.24) is 5.32 Å². The number of benzene rings is 1. The van der Waals surface area contributed by atoms with Crippen LogP contribution >= 0.6 is 0 Å². The van der Waals surface area contributed by atoms with Crippen LogP contribution < -0.4 is 5.32 Å². The van der Waals surface area contributed by atoms with Crippen LogP contribution in [-0.4, -0.2) is 29.3 Å². The number of rotatable bonds is 6. The molecule has 154 valence electrons. The fourth-order valence-corrected chi connectivity index (χ4v) is 5.19. The van der Waals surface area contributed by atoms with Crippen molar-refractivity contribution in [3.63, 3.8) is 0 Å². The van der Waals surface area contributed by atoms with Crippen LogP contribution in [0.1, 0.15) is 52.5 Å². The predicted octanol–water partition coefficient (Wildman–Crippen LogP) is 4.09. The summed E-state index contributed by atoms with van der Waals surface area (Å²) in [6.07, 6.45) is 4.56. The van der Waals surface area contributed by atoms with Gasteiger partial charge in [0, 0.05) is 25.8 Å². The SMILES string of the molecule is CC(=O)O[C@@H]1C[C@@]2(O)[C@H](C)CC[C@@H]([C@H](C)CNCc3ccccc3)[C@H]2C=C1C. The molecule has 1 fully saturated rings. The van der Waals surface area contributed by atoms with E-state index in [9.17, 15) is 9.90 Å². The minimum absolute atomic E-state index is 0.122. The number of esters is 1. The molecule has 0 heterocycles. The van der Waals surface area contributed by atoms with Crippen LogP contribution in [0.4, 0.5) is 0 Å². The van der Waals surface area contributed by atoms with Crippen molar-refractivity contribution in [2.45, 2.75) is 65.2 Å². The lowest BCUT2D eigenvalue weighted by atomic mass is 9.57. The van der Waals surface area contributed by atoms with Gasteiger partial charge < -0.3 is 15.2 Å². The van der Waals surface area contributed by atoms with E-state index in [4.69, 9.17) is 4.74 Å². The molecule has 6 atom stereocenters. The molecule has 1 aromatic rings. The molecule has 0 spiro atoms. The number of ether oxygens (including phenoxy) is 1. The maximum absolute atomic E-state index is 11.6. The minimum Gasteiger partial charge on any atom is -0.458 e. The molecule has 1 saturated carbocycles. The van der Waals surface area contributed by atoms with E-state index in [0.717, 1.165) is 31.5 Å². The van der Waals surface area contributed by atoms with Crippen LogP contribution in [0.5, 0.6) is 0 Å². The van der Waals surface area contributed by atoms with Gasteiger partial charge in [-0.1, -0.05) is 50.3 Å². The van der Waals surface area contributed by atoms with E-state index in [-0.39, 0.29) is 23.9 Å². The normalized spacial score (nSPS) is 33.5. The molecule has 0 aliphatic heterocycles. The van der Waals surface area contributed by atoms with Gasteiger partial charge in [-0.2, -0.15) is 0 Å². The number of hydrogen-bond acceptors (Lipinski definition) is 4. The molecule has 0 bridgehead atoms. The van der Waals surface area contributed by atoms with Crippen LogP contribution in [0, 0.1) is 23.7 Å². The van der Waals surface area contributed by atoms with Crippen LogP contribution in [0.2, 0.25) is 0 Å². The summed E-state index contributed by atoms with van der Waals surface area (Å²) in [5, 5.41) is 15.2. The predicted molar refractivity (Wildman–Crippen MR) is 112 cm³/mol. The van der Waals surface area contributed by atoms with Crippen molar-refractivity contribution in [2.75, 3.05) is 6.54 Å². The summed E-state index contributed by atoms with van der Waals surface area (Å²) in [4.78, 5) is 11.5. The average molecular weight is 386 g/mol. The Morgan fingerprint density at radius 3 is 2.71 bits per heavy atom. The van der Waals surface area contributed by atoms with Crippen molar-refractivity contribution in [3.05, 3.63) is 47.5 Å². The molecule has 2 aliphatic carbocycles. The van der Waals surface area contributed by atoms with Crippen molar-refractivity contribution in [1.29, 1.82) is 0 Å². The van der Waals surface area contributed by atoms with Crippen LogP contribution in [0.3, 0.4) is 0 Å². The Morgan fingerprint density at radius 2 is 2.04 bits per heavy atom. The van der Waals surface area contributed by atoms with Gasteiger partial charge in [-0.15, -0.1) is 0 Å². The highest BCUT2D eigenvalue weighted by molar-refractivity contribution is 5.66. The third-order valence-corrected chi connectivity index (χ3v) is 6.96. The largest absolute Gasteiger partial charge is 0.458 e. The monoisotopic (exact) mass is 385 g/mol. The fraction of sp³-hybridized carbons (Fsp3) is 0.625. The zero-order valence-electron chi connectivity index (χ0n) is 17.7. The first-order valence-electron chi connectivity index (χ1n) is 10.6. The summed E-state index contributed by atoms with van der Waals surface area (Å²) < 4.78 is 5.50. The summed E-state index contributed by atoms with van der Waals surface area (Å²) >= 11 is 0. The molecule has 4 nitrogen and oxygen atoms in total. The standard InChI is InChI=1S/C24H35NO3/c1-16-12-22-21(17(2)14-25-15-20-8-6-5-7-9-20)11-10-18(3)24(22,27)13-23(16)28-19(4)26/h5-9,12,17-18,21-23,25,27H,10-11,13-15H2,1-4H3/t17-,18-,21+,22-,23-,24-/m1/s1. The summed E-state index contributed by atoms with van der Waals surface area (Å²) in [6, 6.07) is 10.5. The molecule has 28 heavy (non-hydrogen) atoms. The Bertz CT molecular complexity index is 701. The Hall–Kier alpha value is -1.65. The van der Waals surface area contributed by atoms with E-state index in [1.807, 2.05) is 13.0 Å². The van der Waals surface area contributed by atoms with E-state index < -0.39 is 5.60 Å². The molecule has 3 rings (SSSR count). The number of carbonyl (C=O) groups excluding carboxylic acids is 1. The lowest BCUT2D eigenvalue weighted by molar-refractivity contribution is -0.159. The third kappa shape index (κ3) is 4.49. The van der Waals surface area contributed by atoms with Crippen molar-refractivity contribution in [2.24, 2.45) is 23.7 Å². The van der Waals surface area contributed by atoms with E-state index in [1.54, 1.807) is 0 Å². The number of aliphatic hydroxyl groups is 1. The first-order chi connectivity index (χ1) is 13.3. The molecule has 4 heteroatoms. The van der Waals surface area contributed by atoms with Crippen molar-refractivity contribution < 1.29 is 14.6 Å². The number of nitrogens with one attached hydrogen (secondary N) is 1. The van der Waals surface area contributed by atoms with E-state index in [0.29, 0.717) is 18.3 Å². The Morgan fingerprint density at radius 1 is 1.32 bits per heavy atom. The van der Waals surface area contributed by atoms with Crippen molar-refractivity contribution in [3.8, 4) is 0 Å². The van der Waals surface area contributed by atoms with Crippen LogP contribution in [0.25, 0.3) is 0 Å². The maximum atomic E-state index is 11.6. The van der Waals surface area contributed by atoms with E-state index >= 15 is 0 Å². The maximum Gasteiger partial charge on any atom is 0.303 e. The number of hydrogen-bond donors (Lipinski definition) is 2. The molecule has 2 N–H and O–H groups in total. The average Bonchev–Trinajstić information content (AvgIpc) is 2.65. The molecule has 2 aliphatic rings. The zero-order valence-corrected chi connectivity index (χ0v) is 17.7. The second-order valence-corrected chi connectivity index (χ2v) is 8.97. The molecule has 0 aromatic heterocycles. The quantitative estimate of drug-likeness (QED) is 0.572. The smallest absolute Gasteiger partial charge is 0.303 e. The van der Waals surface area contributed by atoms with Gasteiger partial charge in [-0.3, -0.25) is 4.79 Å². The minimum atomic E-state index is -0.795.